The Hall–Kier alpha value is -1.30. The zero-order valence-electron chi connectivity index (χ0n) is 5.85. The predicted octanol–water partition coefficient (Wildman–Crippen LogP) is -0.154. The third-order valence-corrected chi connectivity index (χ3v) is 2.10. The molecule has 0 unspecified atom stereocenters. The first-order valence-corrected chi connectivity index (χ1v) is 3.95. The van der Waals surface area contributed by atoms with Gasteiger partial charge in [0, 0.05) is 10.5 Å². The van der Waals surface area contributed by atoms with E-state index in [4.69, 9.17) is 0 Å². The molecule has 0 spiro atoms. The van der Waals surface area contributed by atoms with Crippen molar-refractivity contribution in [3.05, 3.63) is 17.4 Å². The topological polar surface area (TPSA) is 58.3 Å². The Balaban J connectivity index is 2.45. The van der Waals surface area contributed by atoms with Gasteiger partial charge in [0.25, 0.3) is 0 Å². The first kappa shape index (κ1) is 6.41. The van der Waals surface area contributed by atoms with Crippen molar-refractivity contribution in [1.82, 2.24) is 20.4 Å². The third-order valence-electron chi connectivity index (χ3n) is 1.17. The van der Waals surface area contributed by atoms with Crippen LogP contribution in [-0.4, -0.2) is 20.4 Å². The fraction of sp³-hybridized carbons (Fsp3) is 0.200. The number of nitrogens with zero attached hydrogens (tertiary/aromatic N) is 4. The summed E-state index contributed by atoms with van der Waals surface area (Å²) in [5, 5.41) is 13.0. The second kappa shape index (κ2) is 2.39. The molecule has 0 aliphatic carbocycles. The smallest absolute Gasteiger partial charge is 0.195 e. The van der Waals surface area contributed by atoms with Crippen molar-refractivity contribution >= 4 is 11.3 Å². The number of aromatic amines is 1. The van der Waals surface area contributed by atoms with Crippen molar-refractivity contribution in [2.45, 2.75) is 6.92 Å². The summed E-state index contributed by atoms with van der Waals surface area (Å²) in [6.07, 6.45) is 1.51. The number of hydrogen-bond acceptors (Lipinski definition) is 4. The number of aromatic nitrogens is 5. The van der Waals surface area contributed by atoms with Crippen LogP contribution in [0.4, 0.5) is 0 Å². The number of hydrogen-bond donors (Lipinski definition) is 1. The number of thiazole rings is 1. The quantitative estimate of drug-likeness (QED) is 0.602. The molecule has 0 aliphatic heterocycles. The van der Waals surface area contributed by atoms with Gasteiger partial charge in [-0.25, -0.2) is 0 Å². The molecule has 0 aliphatic rings. The van der Waals surface area contributed by atoms with Crippen LogP contribution in [0, 0.1) is 6.92 Å². The fourth-order valence-electron chi connectivity index (χ4n) is 0.716. The molecule has 11 heavy (non-hydrogen) atoms. The van der Waals surface area contributed by atoms with Gasteiger partial charge in [-0.05, 0) is 11.7 Å². The van der Waals surface area contributed by atoms with Gasteiger partial charge in [0.05, 0.1) is 5.21 Å². The minimum absolute atomic E-state index is 0.806. The maximum Gasteiger partial charge on any atom is 0.363 e. The molecule has 1 N–H and O–H groups in total. The van der Waals surface area contributed by atoms with E-state index in [0.717, 1.165) is 10.8 Å². The number of tetrazole rings is 1. The van der Waals surface area contributed by atoms with Gasteiger partial charge in [-0.1, -0.05) is 16.3 Å². The zero-order valence-corrected chi connectivity index (χ0v) is 6.67. The van der Waals surface area contributed by atoms with Crippen LogP contribution in [-0.2, 0) is 0 Å². The van der Waals surface area contributed by atoms with Crippen LogP contribution in [0.5, 0.6) is 0 Å². The van der Waals surface area contributed by atoms with Crippen LogP contribution in [0.25, 0.3) is 5.13 Å². The summed E-state index contributed by atoms with van der Waals surface area (Å²) in [5.41, 5.74) is 0.994. The van der Waals surface area contributed by atoms with Crippen LogP contribution >= 0.6 is 11.3 Å². The molecule has 2 aromatic heterocycles. The highest BCUT2D eigenvalue weighted by Gasteiger charge is 2.10. The second-order valence-electron chi connectivity index (χ2n) is 2.05. The van der Waals surface area contributed by atoms with E-state index in [9.17, 15) is 0 Å². The van der Waals surface area contributed by atoms with Gasteiger partial charge < -0.3 is 0 Å². The lowest BCUT2D eigenvalue weighted by Gasteiger charge is -1.77. The van der Waals surface area contributed by atoms with Gasteiger partial charge >= 0.3 is 5.13 Å². The van der Waals surface area contributed by atoms with Gasteiger partial charge in [-0.3, -0.25) is 0 Å². The molecule has 2 aromatic rings. The lowest BCUT2D eigenvalue weighted by molar-refractivity contribution is -0.716. The van der Waals surface area contributed by atoms with E-state index < -0.39 is 0 Å². The third kappa shape index (κ3) is 1.12. The molecule has 0 radical (unpaired) electrons. The Morgan fingerprint density at radius 1 is 1.64 bits per heavy atom. The highest BCUT2D eigenvalue weighted by molar-refractivity contribution is 7.11. The molecule has 0 atom stereocenters. The summed E-state index contributed by atoms with van der Waals surface area (Å²) >= 11 is 1.53. The van der Waals surface area contributed by atoms with Crippen molar-refractivity contribution in [2.75, 3.05) is 0 Å². The molecule has 2 heterocycles. The number of H-pyrrole nitrogens is 1. The van der Waals surface area contributed by atoms with E-state index in [1.54, 1.807) is 0 Å². The summed E-state index contributed by atoms with van der Waals surface area (Å²) in [6.45, 7) is 1.94. The van der Waals surface area contributed by atoms with Gasteiger partial charge in [0.2, 0.25) is 6.33 Å². The summed E-state index contributed by atoms with van der Waals surface area (Å²) < 4.78 is 0. The van der Waals surface area contributed by atoms with Crippen molar-refractivity contribution in [2.24, 2.45) is 0 Å². The summed E-state index contributed by atoms with van der Waals surface area (Å²) in [4.78, 5) is 5.73. The molecular weight excluding hydrogens is 162 g/mol. The molecule has 0 saturated carbocycles. The monoisotopic (exact) mass is 168 g/mol. The van der Waals surface area contributed by atoms with E-state index in [0.29, 0.717) is 0 Å². The standard InChI is InChI=1S/C5H5N5S/c1-4-2-11-5(8-4)10-7-3-6-9-10/h2-3H,1H3/p+1. The molecule has 56 valence electrons. The van der Waals surface area contributed by atoms with Gasteiger partial charge in [-0.15, -0.1) is 0 Å². The molecule has 0 saturated heterocycles. The molecule has 0 amide bonds. The van der Waals surface area contributed by atoms with Crippen molar-refractivity contribution in [3.8, 4) is 5.13 Å². The average Bonchev–Trinajstić information content (AvgIpc) is 2.55. The van der Waals surface area contributed by atoms with Crippen molar-refractivity contribution in [3.63, 3.8) is 0 Å². The van der Waals surface area contributed by atoms with Crippen LogP contribution in [0.1, 0.15) is 5.69 Å². The van der Waals surface area contributed by atoms with Crippen LogP contribution in [0.3, 0.4) is 0 Å². The Kier molecular flexibility index (Phi) is 1.39. The molecule has 5 nitrogen and oxygen atoms in total. The number of nitrogens with one attached hydrogen (secondary N) is 1. The second-order valence-corrected chi connectivity index (χ2v) is 2.88. The molecular formula is C5H6N5S+. The van der Waals surface area contributed by atoms with Crippen LogP contribution in [0.15, 0.2) is 11.7 Å². The van der Waals surface area contributed by atoms with Crippen LogP contribution < -0.4 is 4.80 Å². The van der Waals surface area contributed by atoms with Crippen molar-refractivity contribution in [1.29, 1.82) is 0 Å². The molecule has 0 bridgehead atoms. The molecule has 0 fully saturated rings. The minimum atomic E-state index is 0.806. The Labute approximate surface area is 66.7 Å². The van der Waals surface area contributed by atoms with E-state index in [-0.39, 0.29) is 0 Å². The summed E-state index contributed by atoms with van der Waals surface area (Å²) in [6, 6.07) is 0. The number of aryl methyl sites for hydroxylation is 1. The van der Waals surface area contributed by atoms with Gasteiger partial charge in [0.15, 0.2) is 0 Å². The van der Waals surface area contributed by atoms with E-state index in [2.05, 4.69) is 20.4 Å². The minimum Gasteiger partial charge on any atom is -0.195 e. The fourth-order valence-corrected chi connectivity index (χ4v) is 1.43. The van der Waals surface area contributed by atoms with Crippen molar-refractivity contribution < 1.29 is 4.80 Å². The van der Waals surface area contributed by atoms with Crippen LogP contribution in [0.2, 0.25) is 0 Å². The summed E-state index contributed by atoms with van der Waals surface area (Å²) in [5.74, 6) is 0. The van der Waals surface area contributed by atoms with E-state index in [1.165, 1.54) is 22.5 Å². The number of rotatable bonds is 1. The molecule has 2 rings (SSSR count). The average molecular weight is 168 g/mol. The SMILES string of the molecule is Cc1csc(-[n+]2nnc[nH]2)n1. The lowest BCUT2D eigenvalue weighted by atomic mass is 10.6. The van der Waals surface area contributed by atoms with Gasteiger partial charge in [-0.2, -0.15) is 5.10 Å². The highest BCUT2D eigenvalue weighted by atomic mass is 32.1. The van der Waals surface area contributed by atoms with Gasteiger partial charge in [0.1, 0.15) is 5.69 Å². The van der Waals surface area contributed by atoms with E-state index in [1.807, 2.05) is 12.3 Å². The maximum atomic E-state index is 4.20. The highest BCUT2D eigenvalue weighted by Crippen LogP contribution is 2.05. The maximum absolute atomic E-state index is 4.20. The predicted molar refractivity (Wildman–Crippen MR) is 38.3 cm³/mol. The largest absolute Gasteiger partial charge is 0.363 e. The first-order chi connectivity index (χ1) is 5.36. The Bertz CT molecular complexity index is 337. The normalized spacial score (nSPS) is 10.3. The Morgan fingerprint density at radius 2 is 2.55 bits per heavy atom. The lowest BCUT2D eigenvalue weighted by Crippen LogP contribution is -2.35. The zero-order chi connectivity index (χ0) is 7.68. The molecule has 6 heteroatoms. The molecule has 0 aromatic carbocycles. The van der Waals surface area contributed by atoms with E-state index >= 15 is 0 Å². The Morgan fingerprint density at radius 3 is 3.09 bits per heavy atom. The first-order valence-electron chi connectivity index (χ1n) is 3.07. The summed E-state index contributed by atoms with van der Waals surface area (Å²) in [7, 11) is 0.